The van der Waals surface area contributed by atoms with Gasteiger partial charge in [-0.2, -0.15) is 0 Å². The van der Waals surface area contributed by atoms with Crippen molar-refractivity contribution >= 4 is 29.7 Å². The van der Waals surface area contributed by atoms with Gasteiger partial charge in [0.1, 0.15) is 18.1 Å². The minimum Gasteiger partial charge on any atom is -0.481 e. The van der Waals surface area contributed by atoms with Gasteiger partial charge < -0.3 is 37.0 Å². The maximum atomic E-state index is 13.0. The molecule has 12 heteroatoms. The van der Waals surface area contributed by atoms with Gasteiger partial charge in [-0.1, -0.05) is 60.7 Å². The van der Waals surface area contributed by atoms with Crippen molar-refractivity contribution in [3.63, 3.8) is 0 Å². The zero-order chi connectivity index (χ0) is 27.4. The molecule has 0 saturated heterocycles. The number of hydrogen-bond acceptors (Lipinski definition) is 7. The number of carbonyl (C=O) groups is 5. The van der Waals surface area contributed by atoms with E-state index in [1.807, 2.05) is 0 Å². The molecule has 0 aliphatic rings. The molecular weight excluding hydrogens is 484 g/mol. The summed E-state index contributed by atoms with van der Waals surface area (Å²) in [7, 11) is 0. The van der Waals surface area contributed by atoms with Crippen molar-refractivity contribution in [1.82, 2.24) is 16.0 Å². The Kier molecular flexibility index (Phi) is 11.2. The minimum atomic E-state index is -1.52. The molecule has 198 valence electrons. The summed E-state index contributed by atoms with van der Waals surface area (Å²) in [5.41, 5.74) is 6.90. The normalized spacial score (nSPS) is 13.9. The third-order valence-corrected chi connectivity index (χ3v) is 5.36. The summed E-state index contributed by atoms with van der Waals surface area (Å²) in [5, 5.41) is 35.1. The van der Waals surface area contributed by atoms with Crippen molar-refractivity contribution in [3.8, 4) is 0 Å². The van der Waals surface area contributed by atoms with Crippen LogP contribution in [0.1, 0.15) is 17.5 Å². The van der Waals surface area contributed by atoms with Crippen LogP contribution >= 0.6 is 0 Å². The highest BCUT2D eigenvalue weighted by Crippen LogP contribution is 2.06. The van der Waals surface area contributed by atoms with E-state index in [9.17, 15) is 34.2 Å². The lowest BCUT2D eigenvalue weighted by molar-refractivity contribution is -0.142. The second-order valence-electron chi connectivity index (χ2n) is 8.29. The average Bonchev–Trinajstić information content (AvgIpc) is 2.86. The largest absolute Gasteiger partial charge is 0.481 e. The molecule has 2 aromatic rings. The highest BCUT2D eigenvalue weighted by Gasteiger charge is 2.30. The first-order chi connectivity index (χ1) is 17.6. The molecule has 2 aromatic carbocycles. The Morgan fingerprint density at radius 1 is 0.676 bits per heavy atom. The fourth-order valence-corrected chi connectivity index (χ4v) is 3.41. The number of aliphatic hydroxyl groups is 1. The van der Waals surface area contributed by atoms with E-state index in [1.165, 1.54) is 0 Å². The van der Waals surface area contributed by atoms with E-state index in [4.69, 9.17) is 10.8 Å². The Labute approximate surface area is 212 Å². The summed E-state index contributed by atoms with van der Waals surface area (Å²) < 4.78 is 0. The van der Waals surface area contributed by atoms with E-state index in [-0.39, 0.29) is 12.8 Å². The monoisotopic (exact) mass is 514 g/mol. The zero-order valence-electron chi connectivity index (χ0n) is 19.9. The fourth-order valence-electron chi connectivity index (χ4n) is 3.41. The van der Waals surface area contributed by atoms with Gasteiger partial charge in [0.2, 0.25) is 17.7 Å². The quantitative estimate of drug-likeness (QED) is 0.161. The molecular formula is C25H30N4O8. The highest BCUT2D eigenvalue weighted by atomic mass is 16.4. The molecule has 4 unspecified atom stereocenters. The van der Waals surface area contributed by atoms with Gasteiger partial charge in [0.15, 0.2) is 0 Å². The van der Waals surface area contributed by atoms with Crippen LogP contribution in [0.15, 0.2) is 60.7 Å². The first-order valence-corrected chi connectivity index (χ1v) is 11.4. The van der Waals surface area contributed by atoms with Crippen LogP contribution < -0.4 is 21.7 Å². The molecule has 0 fully saturated rings. The van der Waals surface area contributed by atoms with Crippen LogP contribution in [-0.4, -0.2) is 75.8 Å². The molecule has 0 spiro atoms. The molecule has 0 radical (unpaired) electrons. The lowest BCUT2D eigenvalue weighted by atomic mass is 10.0. The molecule has 12 nitrogen and oxygen atoms in total. The van der Waals surface area contributed by atoms with Gasteiger partial charge in [-0.15, -0.1) is 0 Å². The molecule has 3 amide bonds. The van der Waals surface area contributed by atoms with Crippen LogP contribution in [0.2, 0.25) is 0 Å². The molecule has 0 aromatic heterocycles. The Morgan fingerprint density at radius 2 is 1.11 bits per heavy atom. The molecule has 2 rings (SSSR count). The standard InChI is InChI=1S/C25H30N4O8/c26-17(13-21(31)32)22(33)27-18(11-15-7-3-1-4-8-15)23(34)29-20(14-30)24(35)28-19(25(36)37)12-16-9-5-2-6-10-16/h1-10,17-20,30H,11-14,26H2,(H,27,33)(H,28,35)(H,29,34)(H,31,32)(H,36,37). The van der Waals surface area contributed by atoms with E-state index in [1.54, 1.807) is 60.7 Å². The topological polar surface area (TPSA) is 208 Å². The lowest BCUT2D eigenvalue weighted by Crippen LogP contribution is -2.58. The molecule has 0 heterocycles. The number of amides is 3. The minimum absolute atomic E-state index is 0.0241. The Hall–Kier alpha value is -4.29. The van der Waals surface area contributed by atoms with E-state index >= 15 is 0 Å². The second kappa shape index (κ2) is 14.3. The zero-order valence-corrected chi connectivity index (χ0v) is 19.9. The number of hydrogen-bond donors (Lipinski definition) is 7. The number of aliphatic carboxylic acids is 2. The van der Waals surface area contributed by atoms with Crippen LogP contribution in [-0.2, 0) is 36.8 Å². The van der Waals surface area contributed by atoms with Gasteiger partial charge in [-0.05, 0) is 11.1 Å². The number of carboxylic acid groups (broad SMARTS) is 2. The van der Waals surface area contributed by atoms with Crippen LogP contribution in [0, 0.1) is 0 Å². The highest BCUT2D eigenvalue weighted by molar-refractivity contribution is 5.95. The SMILES string of the molecule is NC(CC(=O)O)C(=O)NC(Cc1ccccc1)C(=O)NC(CO)C(=O)NC(Cc1ccccc1)C(=O)O. The predicted molar refractivity (Wildman–Crippen MR) is 131 cm³/mol. The predicted octanol–water partition coefficient (Wildman–Crippen LogP) is -1.19. The van der Waals surface area contributed by atoms with Crippen molar-refractivity contribution < 1.29 is 39.3 Å². The number of nitrogens with two attached hydrogens (primary N) is 1. The Morgan fingerprint density at radius 3 is 1.57 bits per heavy atom. The first kappa shape index (κ1) is 28.9. The van der Waals surface area contributed by atoms with E-state index in [0.29, 0.717) is 11.1 Å². The van der Waals surface area contributed by atoms with Crippen molar-refractivity contribution in [3.05, 3.63) is 71.8 Å². The van der Waals surface area contributed by atoms with Gasteiger partial charge in [0.25, 0.3) is 0 Å². The van der Waals surface area contributed by atoms with Crippen molar-refractivity contribution in [1.29, 1.82) is 0 Å². The third kappa shape index (κ3) is 9.70. The van der Waals surface area contributed by atoms with E-state index in [0.717, 1.165) is 0 Å². The molecule has 0 aliphatic heterocycles. The van der Waals surface area contributed by atoms with Crippen LogP contribution in [0.3, 0.4) is 0 Å². The summed E-state index contributed by atoms with van der Waals surface area (Å²) >= 11 is 0. The number of carbonyl (C=O) groups excluding carboxylic acids is 3. The molecule has 37 heavy (non-hydrogen) atoms. The maximum absolute atomic E-state index is 13.0. The van der Waals surface area contributed by atoms with Gasteiger partial charge in [0.05, 0.1) is 19.1 Å². The molecule has 0 saturated carbocycles. The summed E-state index contributed by atoms with van der Waals surface area (Å²) in [6.07, 6.45) is -0.711. The number of carboxylic acids is 2. The van der Waals surface area contributed by atoms with E-state index < -0.39 is 66.9 Å². The van der Waals surface area contributed by atoms with Gasteiger partial charge in [-0.3, -0.25) is 19.2 Å². The summed E-state index contributed by atoms with van der Waals surface area (Å²) in [5.74, 6) is -5.29. The summed E-state index contributed by atoms with van der Waals surface area (Å²) in [4.78, 5) is 60.7. The fraction of sp³-hybridized carbons (Fsp3) is 0.320. The summed E-state index contributed by atoms with van der Waals surface area (Å²) in [6, 6.07) is 11.6. The maximum Gasteiger partial charge on any atom is 0.326 e. The molecule has 0 aliphatic carbocycles. The third-order valence-electron chi connectivity index (χ3n) is 5.36. The number of nitrogens with one attached hydrogen (secondary N) is 3. The molecule has 8 N–H and O–H groups in total. The van der Waals surface area contributed by atoms with Gasteiger partial charge >= 0.3 is 11.9 Å². The van der Waals surface area contributed by atoms with Crippen LogP contribution in [0.5, 0.6) is 0 Å². The number of rotatable bonds is 14. The van der Waals surface area contributed by atoms with E-state index in [2.05, 4.69) is 16.0 Å². The molecule has 4 atom stereocenters. The molecule has 0 bridgehead atoms. The lowest BCUT2D eigenvalue weighted by Gasteiger charge is -2.24. The van der Waals surface area contributed by atoms with Crippen LogP contribution in [0.25, 0.3) is 0 Å². The Bertz CT molecular complexity index is 1080. The second-order valence-corrected chi connectivity index (χ2v) is 8.29. The smallest absolute Gasteiger partial charge is 0.326 e. The van der Waals surface area contributed by atoms with Crippen molar-refractivity contribution in [2.75, 3.05) is 6.61 Å². The number of benzene rings is 2. The average molecular weight is 515 g/mol. The van der Waals surface area contributed by atoms with Crippen LogP contribution in [0.4, 0.5) is 0 Å². The van der Waals surface area contributed by atoms with Crippen molar-refractivity contribution in [2.24, 2.45) is 5.73 Å². The van der Waals surface area contributed by atoms with Gasteiger partial charge in [0, 0.05) is 12.8 Å². The summed E-state index contributed by atoms with van der Waals surface area (Å²) in [6.45, 7) is -0.847. The van der Waals surface area contributed by atoms with Crippen molar-refractivity contribution in [2.45, 2.75) is 43.4 Å². The number of aliphatic hydroxyl groups excluding tert-OH is 1. The first-order valence-electron chi connectivity index (χ1n) is 11.4. The Balaban J connectivity index is 2.13. The van der Waals surface area contributed by atoms with Gasteiger partial charge in [-0.25, -0.2) is 4.79 Å².